The SMILES string of the molecule is Cc1[nH]c(=O)sc1C(=O)Nc1cc(C(F)(F)F)cc(C(F)(F)F)c1. The second-order valence-corrected chi connectivity index (χ2v) is 5.70. The molecule has 0 fully saturated rings. The molecule has 0 aliphatic heterocycles. The standard InChI is InChI=1S/C13H8F6N2O2S/c1-5-9(24-11(23)20-5)10(22)21-8-3-6(12(14,15)16)2-7(4-8)13(17,18)19/h2-4H,1H3,(H,20,23)(H,21,22). The van der Waals surface area contributed by atoms with Crippen LogP contribution in [0.2, 0.25) is 0 Å². The first-order valence-electron chi connectivity index (χ1n) is 6.18. The Labute approximate surface area is 134 Å². The van der Waals surface area contributed by atoms with Crippen molar-refractivity contribution in [2.45, 2.75) is 19.3 Å². The topological polar surface area (TPSA) is 62.0 Å². The minimum absolute atomic E-state index is 0.0461. The van der Waals surface area contributed by atoms with Gasteiger partial charge in [-0.2, -0.15) is 26.3 Å². The summed E-state index contributed by atoms with van der Waals surface area (Å²) in [5.74, 6) is -0.983. The van der Waals surface area contributed by atoms with E-state index in [1.54, 1.807) is 0 Å². The highest BCUT2D eigenvalue weighted by molar-refractivity contribution is 7.11. The van der Waals surface area contributed by atoms with Crippen LogP contribution in [0.1, 0.15) is 26.5 Å². The third-order valence-electron chi connectivity index (χ3n) is 2.88. The molecule has 0 saturated heterocycles. The molecule has 2 rings (SSSR count). The maximum atomic E-state index is 12.7. The summed E-state index contributed by atoms with van der Waals surface area (Å²) >= 11 is 0.494. The van der Waals surface area contributed by atoms with Crippen molar-refractivity contribution in [1.29, 1.82) is 0 Å². The highest BCUT2D eigenvalue weighted by atomic mass is 32.1. The van der Waals surface area contributed by atoms with Crippen LogP contribution in [-0.4, -0.2) is 10.9 Å². The van der Waals surface area contributed by atoms with Crippen LogP contribution in [0.4, 0.5) is 32.0 Å². The molecular formula is C13H8F6N2O2S. The molecule has 0 radical (unpaired) electrons. The van der Waals surface area contributed by atoms with E-state index in [2.05, 4.69) is 4.98 Å². The Morgan fingerprint density at radius 2 is 1.54 bits per heavy atom. The second-order valence-electron chi connectivity index (χ2n) is 4.72. The molecule has 0 aliphatic rings. The van der Waals surface area contributed by atoms with Gasteiger partial charge in [-0.1, -0.05) is 11.3 Å². The number of alkyl halides is 6. The van der Waals surface area contributed by atoms with Crippen LogP contribution >= 0.6 is 11.3 Å². The lowest BCUT2D eigenvalue weighted by atomic mass is 10.1. The molecule has 1 aromatic carbocycles. The summed E-state index contributed by atoms with van der Waals surface area (Å²) in [6.07, 6.45) is -10.0. The van der Waals surface area contributed by atoms with Gasteiger partial charge in [0.25, 0.3) is 5.91 Å². The molecule has 0 spiro atoms. The number of benzene rings is 1. The Bertz CT molecular complexity index is 802. The van der Waals surface area contributed by atoms with Crippen molar-refractivity contribution in [3.63, 3.8) is 0 Å². The number of rotatable bonds is 2. The van der Waals surface area contributed by atoms with E-state index in [-0.39, 0.29) is 16.6 Å². The molecule has 4 nitrogen and oxygen atoms in total. The second kappa shape index (κ2) is 5.96. The molecule has 2 aromatic rings. The van der Waals surface area contributed by atoms with E-state index in [9.17, 15) is 35.9 Å². The number of hydrogen-bond acceptors (Lipinski definition) is 3. The number of amides is 1. The molecular weight excluding hydrogens is 362 g/mol. The number of aromatic nitrogens is 1. The average molecular weight is 370 g/mol. The third-order valence-corrected chi connectivity index (χ3v) is 3.86. The minimum atomic E-state index is -5.02. The Morgan fingerprint density at radius 3 is 1.92 bits per heavy atom. The van der Waals surface area contributed by atoms with Crippen LogP contribution in [0.5, 0.6) is 0 Å². The van der Waals surface area contributed by atoms with Crippen molar-refractivity contribution < 1.29 is 31.1 Å². The number of H-pyrrole nitrogens is 1. The van der Waals surface area contributed by atoms with Crippen LogP contribution < -0.4 is 10.2 Å². The van der Waals surface area contributed by atoms with Crippen molar-refractivity contribution in [2.24, 2.45) is 0 Å². The van der Waals surface area contributed by atoms with Crippen LogP contribution in [0.25, 0.3) is 0 Å². The number of nitrogens with one attached hydrogen (secondary N) is 2. The van der Waals surface area contributed by atoms with Crippen LogP contribution in [0.3, 0.4) is 0 Å². The van der Waals surface area contributed by atoms with Crippen molar-refractivity contribution >= 4 is 22.9 Å². The summed E-state index contributed by atoms with van der Waals surface area (Å²) in [4.78, 5) is 24.7. The Hall–Kier alpha value is -2.30. The zero-order valence-corrected chi connectivity index (χ0v) is 12.5. The lowest BCUT2D eigenvalue weighted by Gasteiger charge is -2.14. The molecule has 0 atom stereocenters. The molecule has 1 aromatic heterocycles. The summed E-state index contributed by atoms with van der Waals surface area (Å²) in [6.45, 7) is 1.38. The number of aryl methyl sites for hydroxylation is 1. The number of carbonyl (C=O) groups is 1. The quantitative estimate of drug-likeness (QED) is 0.784. The highest BCUT2D eigenvalue weighted by Gasteiger charge is 2.37. The fourth-order valence-electron chi connectivity index (χ4n) is 1.84. The van der Waals surface area contributed by atoms with E-state index in [0.29, 0.717) is 23.5 Å². The lowest BCUT2D eigenvalue weighted by Crippen LogP contribution is -2.15. The van der Waals surface area contributed by atoms with Gasteiger partial charge in [0, 0.05) is 11.4 Å². The van der Waals surface area contributed by atoms with E-state index in [0.717, 1.165) is 0 Å². The van der Waals surface area contributed by atoms with E-state index < -0.39 is 39.9 Å². The number of hydrogen-bond donors (Lipinski definition) is 2. The number of aromatic amines is 1. The number of halogens is 6. The van der Waals surface area contributed by atoms with Crippen molar-refractivity contribution in [1.82, 2.24) is 4.98 Å². The predicted octanol–water partition coefficient (Wildman–Crippen LogP) is 4.03. The normalized spacial score (nSPS) is 12.3. The molecule has 1 amide bonds. The molecule has 130 valence electrons. The smallest absolute Gasteiger partial charge is 0.321 e. The van der Waals surface area contributed by atoms with Gasteiger partial charge in [-0.25, -0.2) is 0 Å². The van der Waals surface area contributed by atoms with Crippen molar-refractivity contribution in [3.05, 3.63) is 49.6 Å². The number of thiazole rings is 1. The van der Waals surface area contributed by atoms with Gasteiger partial charge in [0.1, 0.15) is 4.88 Å². The van der Waals surface area contributed by atoms with Gasteiger partial charge in [-0.15, -0.1) is 0 Å². The molecule has 0 unspecified atom stereocenters. The molecule has 1 heterocycles. The summed E-state index contributed by atoms with van der Waals surface area (Å²) in [5, 5.41) is 1.95. The van der Waals surface area contributed by atoms with Crippen LogP contribution in [-0.2, 0) is 12.4 Å². The van der Waals surface area contributed by atoms with Gasteiger partial charge in [-0.05, 0) is 25.1 Å². The first-order valence-corrected chi connectivity index (χ1v) is 7.00. The van der Waals surface area contributed by atoms with E-state index in [1.807, 2.05) is 5.32 Å². The fourth-order valence-corrected chi connectivity index (χ4v) is 2.57. The van der Waals surface area contributed by atoms with E-state index in [4.69, 9.17) is 0 Å². The molecule has 2 N–H and O–H groups in total. The maximum absolute atomic E-state index is 12.7. The van der Waals surface area contributed by atoms with E-state index in [1.165, 1.54) is 6.92 Å². The Balaban J connectivity index is 2.44. The Morgan fingerprint density at radius 1 is 1.04 bits per heavy atom. The van der Waals surface area contributed by atoms with E-state index >= 15 is 0 Å². The zero-order valence-electron chi connectivity index (χ0n) is 11.7. The van der Waals surface area contributed by atoms with Gasteiger partial charge >= 0.3 is 17.2 Å². The average Bonchev–Trinajstić information content (AvgIpc) is 2.75. The van der Waals surface area contributed by atoms with Gasteiger partial charge in [-0.3, -0.25) is 9.59 Å². The van der Waals surface area contributed by atoms with Gasteiger partial charge in [0.05, 0.1) is 11.1 Å². The number of carbonyl (C=O) groups excluding carboxylic acids is 1. The summed E-state index contributed by atoms with van der Waals surface area (Å²) in [7, 11) is 0. The molecule has 24 heavy (non-hydrogen) atoms. The fraction of sp³-hybridized carbons (Fsp3) is 0.231. The van der Waals surface area contributed by atoms with Crippen molar-refractivity contribution in [3.8, 4) is 0 Å². The summed E-state index contributed by atoms with van der Waals surface area (Å²) in [5.41, 5.74) is -3.62. The highest BCUT2D eigenvalue weighted by Crippen LogP contribution is 2.37. The lowest BCUT2D eigenvalue weighted by molar-refractivity contribution is -0.143. The van der Waals surface area contributed by atoms with Crippen molar-refractivity contribution in [2.75, 3.05) is 5.32 Å². The Kier molecular flexibility index (Phi) is 4.48. The van der Waals surface area contributed by atoms with Gasteiger partial charge in [0.15, 0.2) is 0 Å². The molecule has 11 heteroatoms. The van der Waals surface area contributed by atoms with Crippen LogP contribution in [0.15, 0.2) is 23.0 Å². The largest absolute Gasteiger partial charge is 0.416 e. The van der Waals surface area contributed by atoms with Crippen LogP contribution in [0, 0.1) is 6.92 Å². The first-order chi connectivity index (χ1) is 10.9. The molecule has 0 aliphatic carbocycles. The third kappa shape index (κ3) is 3.96. The monoisotopic (exact) mass is 370 g/mol. The zero-order chi connectivity index (χ0) is 18.3. The maximum Gasteiger partial charge on any atom is 0.416 e. The summed E-state index contributed by atoms with van der Waals surface area (Å²) in [6, 6.07) is 0.728. The molecule has 0 saturated carbocycles. The van der Waals surface area contributed by atoms with Gasteiger partial charge in [0.2, 0.25) is 0 Å². The first kappa shape index (κ1) is 18.0. The molecule has 0 bridgehead atoms. The number of anilines is 1. The summed E-state index contributed by atoms with van der Waals surface area (Å²) < 4.78 is 76.4. The minimum Gasteiger partial charge on any atom is -0.321 e. The van der Waals surface area contributed by atoms with Gasteiger partial charge < -0.3 is 10.3 Å². The predicted molar refractivity (Wildman–Crippen MR) is 74.1 cm³/mol.